The van der Waals surface area contributed by atoms with Gasteiger partial charge in [0.2, 0.25) is 0 Å². The normalized spacial score (nSPS) is 12.1. The second-order valence-corrected chi connectivity index (χ2v) is 8.39. The summed E-state index contributed by atoms with van der Waals surface area (Å²) in [5.41, 5.74) is 4.58. The van der Waals surface area contributed by atoms with E-state index in [9.17, 15) is 8.60 Å². The van der Waals surface area contributed by atoms with Crippen molar-refractivity contribution in [1.82, 2.24) is 14.5 Å². The van der Waals surface area contributed by atoms with Crippen molar-refractivity contribution in [3.8, 4) is 33.9 Å². The number of hydrogen-bond donors (Lipinski definition) is 0. The fraction of sp³-hybridized carbons (Fsp3) is 0.167. The summed E-state index contributed by atoms with van der Waals surface area (Å²) in [6.07, 6.45) is 6.12. The fourth-order valence-electron chi connectivity index (χ4n) is 3.52. The van der Waals surface area contributed by atoms with Crippen LogP contribution < -0.4 is 0 Å². The molecule has 30 heavy (non-hydrogen) atoms. The van der Waals surface area contributed by atoms with E-state index in [2.05, 4.69) is 16.5 Å². The SMILES string of the molecule is CCCn1c(-c2ccc(S(C)=O)cc2)nc(-c2ccc(F)cc2)c1-c1ccncc1. The van der Waals surface area contributed by atoms with Crippen LogP contribution in [0.5, 0.6) is 0 Å². The first kappa shape index (κ1) is 20.2. The number of aromatic nitrogens is 3. The third-order valence-electron chi connectivity index (χ3n) is 4.93. The number of benzene rings is 2. The maximum absolute atomic E-state index is 13.5. The molecule has 0 aliphatic carbocycles. The number of hydrogen-bond acceptors (Lipinski definition) is 3. The van der Waals surface area contributed by atoms with Gasteiger partial charge in [0.25, 0.3) is 0 Å². The Bertz CT molecular complexity index is 1170. The summed E-state index contributed by atoms with van der Waals surface area (Å²) in [7, 11) is -1.03. The second-order valence-electron chi connectivity index (χ2n) is 7.01. The van der Waals surface area contributed by atoms with E-state index in [0.717, 1.165) is 51.8 Å². The molecule has 4 nitrogen and oxygen atoms in total. The van der Waals surface area contributed by atoms with Crippen LogP contribution in [-0.4, -0.2) is 25.0 Å². The molecule has 152 valence electrons. The Balaban J connectivity index is 1.96. The van der Waals surface area contributed by atoms with Gasteiger partial charge in [0, 0.05) is 57.6 Å². The molecule has 0 spiro atoms. The molecular formula is C24H22FN3OS. The Morgan fingerprint density at radius 1 is 0.900 bits per heavy atom. The minimum atomic E-state index is -1.03. The molecule has 2 aromatic carbocycles. The molecule has 2 heterocycles. The van der Waals surface area contributed by atoms with Gasteiger partial charge in [-0.05, 0) is 55.0 Å². The third-order valence-corrected chi connectivity index (χ3v) is 5.87. The lowest BCUT2D eigenvalue weighted by Crippen LogP contribution is -2.02. The summed E-state index contributed by atoms with van der Waals surface area (Å²) in [5, 5.41) is 0. The molecule has 1 unspecified atom stereocenters. The Labute approximate surface area is 177 Å². The molecule has 0 saturated carbocycles. The summed E-state index contributed by atoms with van der Waals surface area (Å²) in [6, 6.07) is 18.0. The van der Waals surface area contributed by atoms with Gasteiger partial charge >= 0.3 is 0 Å². The van der Waals surface area contributed by atoms with Crippen molar-refractivity contribution in [3.63, 3.8) is 0 Å². The average Bonchev–Trinajstić information content (AvgIpc) is 3.14. The van der Waals surface area contributed by atoms with Gasteiger partial charge in [0.15, 0.2) is 0 Å². The molecule has 4 rings (SSSR count). The van der Waals surface area contributed by atoms with E-state index in [1.54, 1.807) is 30.8 Å². The molecule has 1 atom stereocenters. The van der Waals surface area contributed by atoms with Crippen LogP contribution in [0.2, 0.25) is 0 Å². The Morgan fingerprint density at radius 3 is 2.13 bits per heavy atom. The predicted octanol–water partition coefficient (Wildman–Crippen LogP) is 5.57. The van der Waals surface area contributed by atoms with Gasteiger partial charge in [-0.3, -0.25) is 9.19 Å². The van der Waals surface area contributed by atoms with Crippen LogP contribution in [0.3, 0.4) is 0 Å². The maximum Gasteiger partial charge on any atom is 0.141 e. The van der Waals surface area contributed by atoms with Gasteiger partial charge in [0.05, 0.1) is 11.4 Å². The van der Waals surface area contributed by atoms with Crippen molar-refractivity contribution < 1.29 is 8.60 Å². The molecule has 6 heteroatoms. The number of rotatable bonds is 6. The van der Waals surface area contributed by atoms with Crippen LogP contribution in [-0.2, 0) is 17.3 Å². The summed E-state index contributed by atoms with van der Waals surface area (Å²) < 4.78 is 27.5. The zero-order valence-corrected chi connectivity index (χ0v) is 17.7. The van der Waals surface area contributed by atoms with E-state index in [0.29, 0.717) is 0 Å². The van der Waals surface area contributed by atoms with Crippen molar-refractivity contribution in [2.75, 3.05) is 6.26 Å². The second kappa shape index (κ2) is 8.71. The Morgan fingerprint density at radius 2 is 1.53 bits per heavy atom. The first-order valence-corrected chi connectivity index (χ1v) is 11.3. The van der Waals surface area contributed by atoms with Gasteiger partial charge < -0.3 is 4.57 Å². The van der Waals surface area contributed by atoms with E-state index in [4.69, 9.17) is 4.98 Å². The third kappa shape index (κ3) is 3.96. The smallest absolute Gasteiger partial charge is 0.141 e. The molecule has 0 radical (unpaired) electrons. The minimum Gasteiger partial charge on any atom is -0.323 e. The molecule has 0 aliphatic heterocycles. The Hall–Kier alpha value is -3.12. The summed E-state index contributed by atoms with van der Waals surface area (Å²) in [5.74, 6) is 0.553. The summed E-state index contributed by atoms with van der Waals surface area (Å²) in [4.78, 5) is 9.92. The van der Waals surface area contributed by atoms with Crippen LogP contribution in [0.1, 0.15) is 13.3 Å². The lowest BCUT2D eigenvalue weighted by molar-refractivity contribution is 0.628. The lowest BCUT2D eigenvalue weighted by Gasteiger charge is -2.12. The van der Waals surface area contributed by atoms with E-state index in [1.165, 1.54) is 12.1 Å². The standard InChI is InChI=1S/C24H22FN3OS/c1-3-16-28-23(18-12-14-26-15-13-18)22(17-4-8-20(25)9-5-17)27-24(28)19-6-10-21(11-7-19)30(2)29/h4-15H,3,16H2,1-2H3. The first-order chi connectivity index (χ1) is 14.6. The van der Waals surface area contributed by atoms with E-state index in [1.807, 2.05) is 36.4 Å². The van der Waals surface area contributed by atoms with Gasteiger partial charge in [-0.2, -0.15) is 0 Å². The van der Waals surface area contributed by atoms with Crippen molar-refractivity contribution in [1.29, 1.82) is 0 Å². The minimum absolute atomic E-state index is 0.277. The molecule has 4 aromatic rings. The molecule has 0 aliphatic rings. The van der Waals surface area contributed by atoms with Crippen molar-refractivity contribution >= 4 is 10.8 Å². The number of imidazole rings is 1. The highest BCUT2D eigenvalue weighted by Crippen LogP contribution is 2.36. The maximum atomic E-state index is 13.5. The molecular weight excluding hydrogens is 397 g/mol. The van der Waals surface area contributed by atoms with Crippen LogP contribution in [0.25, 0.3) is 33.9 Å². The Kier molecular flexibility index (Phi) is 5.86. The van der Waals surface area contributed by atoms with Gasteiger partial charge in [-0.1, -0.05) is 19.1 Å². The number of nitrogens with zero attached hydrogens (tertiary/aromatic N) is 3. The number of halogens is 1. The predicted molar refractivity (Wildman–Crippen MR) is 119 cm³/mol. The monoisotopic (exact) mass is 419 g/mol. The van der Waals surface area contributed by atoms with Crippen LogP contribution in [0.4, 0.5) is 4.39 Å². The summed E-state index contributed by atoms with van der Waals surface area (Å²) >= 11 is 0. The van der Waals surface area contributed by atoms with Gasteiger partial charge in [-0.25, -0.2) is 9.37 Å². The quantitative estimate of drug-likeness (QED) is 0.411. The highest BCUT2D eigenvalue weighted by molar-refractivity contribution is 7.84. The van der Waals surface area contributed by atoms with Crippen molar-refractivity contribution in [3.05, 3.63) is 78.9 Å². The zero-order valence-electron chi connectivity index (χ0n) is 16.9. The molecule has 0 fully saturated rings. The van der Waals surface area contributed by atoms with Crippen molar-refractivity contribution in [2.45, 2.75) is 24.8 Å². The van der Waals surface area contributed by atoms with E-state index >= 15 is 0 Å². The van der Waals surface area contributed by atoms with Gasteiger partial charge in [0.1, 0.15) is 11.6 Å². The van der Waals surface area contributed by atoms with Crippen LogP contribution in [0, 0.1) is 5.82 Å². The van der Waals surface area contributed by atoms with Crippen molar-refractivity contribution in [2.24, 2.45) is 0 Å². The molecule has 0 bridgehead atoms. The van der Waals surface area contributed by atoms with E-state index in [-0.39, 0.29) is 5.82 Å². The summed E-state index contributed by atoms with van der Waals surface area (Å²) in [6.45, 7) is 2.91. The molecule has 0 saturated heterocycles. The first-order valence-electron chi connectivity index (χ1n) is 9.79. The molecule has 0 N–H and O–H groups in total. The van der Waals surface area contributed by atoms with E-state index < -0.39 is 10.8 Å². The van der Waals surface area contributed by atoms with Gasteiger partial charge in [-0.15, -0.1) is 0 Å². The number of pyridine rings is 1. The van der Waals surface area contributed by atoms with Crippen LogP contribution >= 0.6 is 0 Å². The lowest BCUT2D eigenvalue weighted by atomic mass is 10.1. The fourth-order valence-corrected chi connectivity index (χ4v) is 4.04. The zero-order chi connectivity index (χ0) is 21.1. The molecule has 2 aromatic heterocycles. The highest BCUT2D eigenvalue weighted by Gasteiger charge is 2.21. The van der Waals surface area contributed by atoms with Crippen LogP contribution in [0.15, 0.2) is 78.0 Å². The topological polar surface area (TPSA) is 47.8 Å². The molecule has 0 amide bonds. The average molecular weight is 420 g/mol. The highest BCUT2D eigenvalue weighted by atomic mass is 32.2. The largest absolute Gasteiger partial charge is 0.323 e.